The molecule has 0 saturated carbocycles. The first-order valence-electron chi connectivity index (χ1n) is 7.04. The average molecular weight is 251 g/mol. The highest BCUT2D eigenvalue weighted by Gasteiger charge is 2.32. The summed E-state index contributed by atoms with van der Waals surface area (Å²) in [5, 5.41) is 3.57. The molecule has 0 radical (unpaired) electrons. The van der Waals surface area contributed by atoms with Crippen LogP contribution in [0, 0.1) is 0 Å². The monoisotopic (exact) mass is 251 g/mol. The van der Waals surface area contributed by atoms with Gasteiger partial charge in [0.2, 0.25) is 11.8 Å². The average Bonchev–Trinajstić information content (AvgIpc) is 2.86. The van der Waals surface area contributed by atoms with Gasteiger partial charge in [0.05, 0.1) is 6.54 Å². The lowest BCUT2D eigenvalue weighted by Gasteiger charge is -2.26. The number of hydrogen-bond donors (Lipinski definition) is 1. The minimum atomic E-state index is 0.125. The fourth-order valence-corrected chi connectivity index (χ4v) is 3.30. The molecule has 0 aromatic rings. The van der Waals surface area contributed by atoms with Gasteiger partial charge in [-0.25, -0.2) is 0 Å². The molecule has 3 saturated heterocycles. The maximum Gasteiger partial charge on any atom is 0.242 e. The van der Waals surface area contributed by atoms with Crippen molar-refractivity contribution in [2.45, 2.75) is 44.2 Å². The van der Waals surface area contributed by atoms with Gasteiger partial charge >= 0.3 is 0 Å². The smallest absolute Gasteiger partial charge is 0.242 e. The van der Waals surface area contributed by atoms with E-state index in [2.05, 4.69) is 5.32 Å². The van der Waals surface area contributed by atoms with Crippen LogP contribution in [-0.2, 0) is 9.59 Å². The van der Waals surface area contributed by atoms with Gasteiger partial charge in [-0.1, -0.05) is 0 Å². The Kier molecular flexibility index (Phi) is 3.24. The van der Waals surface area contributed by atoms with Crippen molar-refractivity contribution in [2.75, 3.05) is 26.2 Å². The molecule has 3 aliphatic rings. The van der Waals surface area contributed by atoms with Crippen LogP contribution >= 0.6 is 0 Å². The van der Waals surface area contributed by atoms with E-state index >= 15 is 0 Å². The molecule has 3 fully saturated rings. The van der Waals surface area contributed by atoms with Crippen molar-refractivity contribution in [1.29, 1.82) is 0 Å². The van der Waals surface area contributed by atoms with Crippen LogP contribution in [0.5, 0.6) is 0 Å². The van der Waals surface area contributed by atoms with E-state index in [4.69, 9.17) is 0 Å². The first-order chi connectivity index (χ1) is 8.72. The number of hydrogen-bond acceptors (Lipinski definition) is 3. The maximum absolute atomic E-state index is 12.2. The molecule has 18 heavy (non-hydrogen) atoms. The van der Waals surface area contributed by atoms with Crippen molar-refractivity contribution in [3.8, 4) is 0 Å². The number of nitrogens with zero attached hydrogens (tertiary/aromatic N) is 2. The van der Waals surface area contributed by atoms with Crippen LogP contribution in [0.3, 0.4) is 0 Å². The lowest BCUT2D eigenvalue weighted by molar-refractivity contribution is -0.138. The minimum absolute atomic E-state index is 0.125. The molecular formula is C13H21N3O2. The second kappa shape index (κ2) is 4.88. The number of likely N-dealkylation sites (tertiary alicyclic amines) is 2. The maximum atomic E-state index is 12.2. The van der Waals surface area contributed by atoms with Crippen LogP contribution in [0.15, 0.2) is 0 Å². The summed E-state index contributed by atoms with van der Waals surface area (Å²) in [6, 6.07) is 1.07. The first kappa shape index (κ1) is 12.0. The summed E-state index contributed by atoms with van der Waals surface area (Å²) in [6.07, 6.45) is 4.99. The number of rotatable bonds is 2. The highest BCUT2D eigenvalue weighted by atomic mass is 16.2. The topological polar surface area (TPSA) is 52.7 Å². The molecule has 0 unspecified atom stereocenters. The summed E-state index contributed by atoms with van der Waals surface area (Å²) in [4.78, 5) is 27.4. The van der Waals surface area contributed by atoms with Crippen molar-refractivity contribution in [1.82, 2.24) is 15.1 Å². The molecule has 5 nitrogen and oxygen atoms in total. The van der Waals surface area contributed by atoms with Crippen molar-refractivity contribution in [3.05, 3.63) is 0 Å². The zero-order valence-corrected chi connectivity index (χ0v) is 10.7. The van der Waals surface area contributed by atoms with E-state index in [1.54, 1.807) is 4.90 Å². The molecule has 0 aromatic carbocycles. The SMILES string of the molecule is O=C1CCCN1CC(=O)N1CC[C@H]2CC[C@@H](C1)N2. The number of carbonyl (C=O) groups is 2. The molecule has 3 heterocycles. The lowest BCUT2D eigenvalue weighted by atomic mass is 10.1. The van der Waals surface area contributed by atoms with E-state index in [9.17, 15) is 9.59 Å². The van der Waals surface area contributed by atoms with Gasteiger partial charge in [-0.15, -0.1) is 0 Å². The number of amides is 2. The third kappa shape index (κ3) is 2.36. The molecule has 2 amide bonds. The van der Waals surface area contributed by atoms with E-state index < -0.39 is 0 Å². The van der Waals surface area contributed by atoms with Gasteiger partial charge in [0.1, 0.15) is 0 Å². The summed E-state index contributed by atoms with van der Waals surface area (Å²) < 4.78 is 0. The van der Waals surface area contributed by atoms with Crippen LogP contribution in [0.2, 0.25) is 0 Å². The van der Waals surface area contributed by atoms with Gasteiger partial charge in [-0.05, 0) is 25.7 Å². The second-order valence-electron chi connectivity index (χ2n) is 5.69. The van der Waals surface area contributed by atoms with Crippen molar-refractivity contribution >= 4 is 11.8 Å². The van der Waals surface area contributed by atoms with E-state index in [-0.39, 0.29) is 18.4 Å². The van der Waals surface area contributed by atoms with Crippen LogP contribution in [0.1, 0.15) is 32.1 Å². The van der Waals surface area contributed by atoms with Gasteiger partial charge in [0.15, 0.2) is 0 Å². The molecule has 3 aliphatic heterocycles. The van der Waals surface area contributed by atoms with Crippen LogP contribution < -0.4 is 5.32 Å². The molecule has 100 valence electrons. The van der Waals surface area contributed by atoms with Crippen LogP contribution in [0.4, 0.5) is 0 Å². The summed E-state index contributed by atoms with van der Waals surface area (Å²) in [5.41, 5.74) is 0. The van der Waals surface area contributed by atoms with E-state index in [1.165, 1.54) is 12.8 Å². The third-order valence-electron chi connectivity index (χ3n) is 4.37. The Morgan fingerprint density at radius 2 is 2.06 bits per heavy atom. The minimum Gasteiger partial charge on any atom is -0.340 e. The Morgan fingerprint density at radius 1 is 1.22 bits per heavy atom. The highest BCUT2D eigenvalue weighted by Crippen LogP contribution is 2.20. The normalized spacial score (nSPS) is 31.9. The van der Waals surface area contributed by atoms with Gasteiger partial charge in [-0.2, -0.15) is 0 Å². The predicted octanol–water partition coefficient (Wildman–Crippen LogP) is -0.0383. The molecule has 0 spiro atoms. The van der Waals surface area contributed by atoms with Gasteiger partial charge in [0, 0.05) is 38.1 Å². The molecular weight excluding hydrogens is 230 g/mol. The number of fused-ring (bicyclic) bond motifs is 2. The zero-order chi connectivity index (χ0) is 12.5. The summed E-state index contributed by atoms with van der Waals surface area (Å²) in [7, 11) is 0. The fourth-order valence-electron chi connectivity index (χ4n) is 3.30. The zero-order valence-electron chi connectivity index (χ0n) is 10.7. The molecule has 3 rings (SSSR count). The second-order valence-corrected chi connectivity index (χ2v) is 5.69. The molecule has 1 N–H and O–H groups in total. The van der Waals surface area contributed by atoms with Gasteiger partial charge < -0.3 is 15.1 Å². The summed E-state index contributed by atoms with van der Waals surface area (Å²) in [5.74, 6) is 0.261. The quantitative estimate of drug-likeness (QED) is 0.749. The van der Waals surface area contributed by atoms with Gasteiger partial charge in [0.25, 0.3) is 0 Å². The molecule has 0 aliphatic carbocycles. The van der Waals surface area contributed by atoms with Crippen LogP contribution in [-0.4, -0.2) is 59.9 Å². The largest absolute Gasteiger partial charge is 0.340 e. The number of carbonyl (C=O) groups excluding carboxylic acids is 2. The predicted molar refractivity (Wildman–Crippen MR) is 67.0 cm³/mol. The van der Waals surface area contributed by atoms with Crippen molar-refractivity contribution < 1.29 is 9.59 Å². The Morgan fingerprint density at radius 3 is 2.83 bits per heavy atom. The summed E-state index contributed by atoms with van der Waals surface area (Å²) in [6.45, 7) is 2.70. The molecule has 0 aromatic heterocycles. The Labute approximate surface area is 107 Å². The number of nitrogens with one attached hydrogen (secondary N) is 1. The highest BCUT2D eigenvalue weighted by molar-refractivity contribution is 5.85. The van der Waals surface area contributed by atoms with E-state index in [1.807, 2.05) is 4.90 Å². The van der Waals surface area contributed by atoms with Crippen molar-refractivity contribution in [2.24, 2.45) is 0 Å². The molecule has 2 bridgehead atoms. The third-order valence-corrected chi connectivity index (χ3v) is 4.37. The molecule has 5 heteroatoms. The fraction of sp³-hybridized carbons (Fsp3) is 0.846. The summed E-state index contributed by atoms with van der Waals surface area (Å²) >= 11 is 0. The van der Waals surface area contributed by atoms with E-state index in [0.717, 1.165) is 32.5 Å². The first-order valence-corrected chi connectivity index (χ1v) is 7.04. The van der Waals surface area contributed by atoms with E-state index in [0.29, 0.717) is 18.5 Å². The lowest BCUT2D eigenvalue weighted by Crippen LogP contribution is -2.44. The Hall–Kier alpha value is -1.10. The van der Waals surface area contributed by atoms with Crippen LogP contribution in [0.25, 0.3) is 0 Å². The molecule has 2 atom stereocenters. The van der Waals surface area contributed by atoms with Gasteiger partial charge in [-0.3, -0.25) is 9.59 Å². The van der Waals surface area contributed by atoms with Crippen molar-refractivity contribution in [3.63, 3.8) is 0 Å². The standard InChI is InChI=1S/C13H21N3O2/c17-12-2-1-6-15(12)9-13(18)16-7-5-10-3-4-11(8-16)14-10/h10-11,14H,1-9H2/t10-,11+/m1/s1. The Balaban J connectivity index is 1.57. The Bertz CT molecular complexity index is 358.